The van der Waals surface area contributed by atoms with Gasteiger partial charge in [0.2, 0.25) is 0 Å². The van der Waals surface area contributed by atoms with Gasteiger partial charge in [0.15, 0.2) is 0 Å². The van der Waals surface area contributed by atoms with Gasteiger partial charge >= 0.3 is 5.69 Å². The van der Waals surface area contributed by atoms with Gasteiger partial charge < -0.3 is 5.11 Å². The van der Waals surface area contributed by atoms with Crippen molar-refractivity contribution in [3.05, 3.63) is 57.9 Å². The van der Waals surface area contributed by atoms with Crippen molar-refractivity contribution in [3.63, 3.8) is 0 Å². The summed E-state index contributed by atoms with van der Waals surface area (Å²) in [5.74, 6) is -0.0230. The minimum atomic E-state index is -0.440. The second-order valence-corrected chi connectivity index (χ2v) is 4.81. The van der Waals surface area contributed by atoms with Crippen molar-refractivity contribution < 1.29 is 5.11 Å². The first-order valence-electron chi connectivity index (χ1n) is 5.89. The minimum absolute atomic E-state index is 0.0230. The molecule has 1 N–H and O–H groups in total. The van der Waals surface area contributed by atoms with Crippen LogP contribution in [0.4, 0.5) is 0 Å². The molecule has 1 aromatic carbocycles. The number of hydrogen-bond acceptors (Lipinski definition) is 4. The first kappa shape index (κ1) is 12.6. The Kier molecular flexibility index (Phi) is 2.91. The Hall–Kier alpha value is -2.40. The lowest BCUT2D eigenvalue weighted by molar-refractivity contribution is 0.472. The molecule has 0 aliphatic carbocycles. The molecule has 0 atom stereocenters. The Morgan fingerprint density at radius 1 is 1.25 bits per heavy atom. The van der Waals surface area contributed by atoms with Crippen LogP contribution in [0.5, 0.6) is 5.75 Å². The Morgan fingerprint density at radius 2 is 2.05 bits per heavy atom. The number of nitrogens with zero attached hydrogens (tertiary/aromatic N) is 3. The van der Waals surface area contributed by atoms with Crippen LogP contribution in [-0.4, -0.2) is 19.6 Å². The van der Waals surface area contributed by atoms with E-state index < -0.39 is 5.69 Å². The Morgan fingerprint density at radius 3 is 2.80 bits per heavy atom. The predicted octanol–water partition coefficient (Wildman–Crippen LogP) is 2.45. The van der Waals surface area contributed by atoms with E-state index in [4.69, 9.17) is 11.6 Å². The maximum Gasteiger partial charge on any atom is 0.352 e. The van der Waals surface area contributed by atoms with Crippen LogP contribution in [-0.2, 0) is 0 Å². The lowest BCUT2D eigenvalue weighted by atomic mass is 10.2. The monoisotopic (exact) mass is 287 g/mol. The summed E-state index contributed by atoms with van der Waals surface area (Å²) >= 11 is 6.01. The van der Waals surface area contributed by atoms with Crippen LogP contribution in [0.1, 0.15) is 5.69 Å². The normalized spacial score (nSPS) is 10.9. The standard InChI is InChI=1S/C14H10ClN3O2/c1-8-12-3-2-9(15)4-13(12)18(14(20)17-8)10-5-11(19)7-16-6-10/h2-7,19H,1H3. The van der Waals surface area contributed by atoms with Crippen LogP contribution in [0.2, 0.25) is 5.02 Å². The number of aromatic hydroxyl groups is 1. The Bertz CT molecular complexity index is 874. The molecule has 0 saturated heterocycles. The molecule has 0 aliphatic heterocycles. The van der Waals surface area contributed by atoms with E-state index in [0.29, 0.717) is 21.9 Å². The van der Waals surface area contributed by atoms with Crippen LogP contribution in [0, 0.1) is 6.92 Å². The van der Waals surface area contributed by atoms with E-state index >= 15 is 0 Å². The van der Waals surface area contributed by atoms with Gasteiger partial charge in [-0.05, 0) is 25.1 Å². The number of aromatic nitrogens is 3. The number of aryl methyl sites for hydroxylation is 1. The number of hydrogen-bond donors (Lipinski definition) is 1. The molecule has 3 rings (SSSR count). The minimum Gasteiger partial charge on any atom is -0.506 e. The van der Waals surface area contributed by atoms with E-state index in [1.165, 1.54) is 23.0 Å². The molecule has 20 heavy (non-hydrogen) atoms. The number of pyridine rings is 1. The largest absolute Gasteiger partial charge is 0.506 e. The van der Waals surface area contributed by atoms with Crippen molar-refractivity contribution in [2.45, 2.75) is 6.92 Å². The highest BCUT2D eigenvalue weighted by atomic mass is 35.5. The molecule has 0 aliphatic rings. The fourth-order valence-electron chi connectivity index (χ4n) is 2.14. The molecule has 0 unspecified atom stereocenters. The maximum absolute atomic E-state index is 12.2. The topological polar surface area (TPSA) is 68.0 Å². The molecule has 100 valence electrons. The van der Waals surface area contributed by atoms with Crippen LogP contribution in [0.25, 0.3) is 16.6 Å². The predicted molar refractivity (Wildman–Crippen MR) is 76.5 cm³/mol. The van der Waals surface area contributed by atoms with Gasteiger partial charge in [-0.25, -0.2) is 4.79 Å². The lowest BCUT2D eigenvalue weighted by Crippen LogP contribution is -2.22. The second kappa shape index (κ2) is 4.61. The molecule has 3 aromatic rings. The quantitative estimate of drug-likeness (QED) is 0.746. The molecule has 2 aromatic heterocycles. The summed E-state index contributed by atoms with van der Waals surface area (Å²) < 4.78 is 1.38. The zero-order chi connectivity index (χ0) is 14.3. The van der Waals surface area contributed by atoms with Gasteiger partial charge in [0, 0.05) is 16.5 Å². The molecule has 0 saturated carbocycles. The van der Waals surface area contributed by atoms with Gasteiger partial charge in [-0.2, -0.15) is 4.98 Å². The highest BCUT2D eigenvalue weighted by Gasteiger charge is 2.10. The number of fused-ring (bicyclic) bond motifs is 1. The van der Waals surface area contributed by atoms with Gasteiger partial charge in [0.05, 0.1) is 29.3 Å². The molecule has 5 nitrogen and oxygen atoms in total. The van der Waals surface area contributed by atoms with Crippen molar-refractivity contribution >= 4 is 22.5 Å². The fourth-order valence-corrected chi connectivity index (χ4v) is 2.31. The fraction of sp³-hybridized carbons (Fsp3) is 0.0714. The van der Waals surface area contributed by atoms with E-state index in [1.54, 1.807) is 19.1 Å². The van der Waals surface area contributed by atoms with Crippen molar-refractivity contribution in [1.82, 2.24) is 14.5 Å². The summed E-state index contributed by atoms with van der Waals surface area (Å²) in [4.78, 5) is 20.1. The van der Waals surface area contributed by atoms with Crippen LogP contribution >= 0.6 is 11.6 Å². The molecule has 0 amide bonds. The van der Waals surface area contributed by atoms with Gasteiger partial charge in [0.1, 0.15) is 5.75 Å². The average Bonchev–Trinajstić information content (AvgIpc) is 2.38. The Labute approximate surface area is 119 Å². The molecule has 2 heterocycles. The molecule has 0 spiro atoms. The first-order chi connectivity index (χ1) is 9.56. The number of rotatable bonds is 1. The van der Waals surface area contributed by atoms with Gasteiger partial charge in [0.25, 0.3) is 0 Å². The third-order valence-electron chi connectivity index (χ3n) is 3.01. The summed E-state index contributed by atoms with van der Waals surface area (Å²) in [7, 11) is 0. The summed E-state index contributed by atoms with van der Waals surface area (Å²) in [6.45, 7) is 1.77. The van der Waals surface area contributed by atoms with Crippen molar-refractivity contribution in [3.8, 4) is 11.4 Å². The van der Waals surface area contributed by atoms with Crippen molar-refractivity contribution in [2.75, 3.05) is 0 Å². The van der Waals surface area contributed by atoms with E-state index in [9.17, 15) is 9.90 Å². The number of benzene rings is 1. The van der Waals surface area contributed by atoms with Crippen LogP contribution < -0.4 is 5.69 Å². The summed E-state index contributed by atoms with van der Waals surface area (Å²) in [6.07, 6.45) is 2.78. The average molecular weight is 288 g/mol. The zero-order valence-corrected chi connectivity index (χ0v) is 11.3. The third-order valence-corrected chi connectivity index (χ3v) is 3.25. The third kappa shape index (κ3) is 2.02. The molecular formula is C14H10ClN3O2. The molecule has 6 heteroatoms. The second-order valence-electron chi connectivity index (χ2n) is 4.38. The molecule has 0 bridgehead atoms. The Balaban J connectivity index is 2.46. The summed E-state index contributed by atoms with van der Waals surface area (Å²) in [6, 6.07) is 6.70. The lowest BCUT2D eigenvalue weighted by Gasteiger charge is -2.11. The zero-order valence-electron chi connectivity index (χ0n) is 10.5. The highest BCUT2D eigenvalue weighted by Crippen LogP contribution is 2.23. The van der Waals surface area contributed by atoms with Crippen LogP contribution in [0.3, 0.4) is 0 Å². The molecular weight excluding hydrogens is 278 g/mol. The van der Waals surface area contributed by atoms with E-state index in [2.05, 4.69) is 9.97 Å². The smallest absolute Gasteiger partial charge is 0.352 e. The highest BCUT2D eigenvalue weighted by molar-refractivity contribution is 6.31. The number of halogens is 1. The molecule has 0 fully saturated rings. The van der Waals surface area contributed by atoms with Gasteiger partial charge in [-0.15, -0.1) is 0 Å². The first-order valence-corrected chi connectivity index (χ1v) is 6.27. The van der Waals surface area contributed by atoms with Crippen molar-refractivity contribution in [2.24, 2.45) is 0 Å². The van der Waals surface area contributed by atoms with E-state index in [-0.39, 0.29) is 5.75 Å². The van der Waals surface area contributed by atoms with Gasteiger partial charge in [-0.1, -0.05) is 11.6 Å². The molecule has 0 radical (unpaired) electrons. The van der Waals surface area contributed by atoms with Crippen molar-refractivity contribution in [1.29, 1.82) is 0 Å². The van der Waals surface area contributed by atoms with E-state index in [0.717, 1.165) is 5.39 Å². The van der Waals surface area contributed by atoms with E-state index in [1.807, 2.05) is 6.07 Å². The SMILES string of the molecule is Cc1nc(=O)n(-c2cncc(O)c2)c2cc(Cl)ccc12. The summed E-state index contributed by atoms with van der Waals surface area (Å²) in [5.41, 5.74) is 1.26. The summed E-state index contributed by atoms with van der Waals surface area (Å²) in [5, 5.41) is 10.9. The van der Waals surface area contributed by atoms with Crippen LogP contribution in [0.15, 0.2) is 41.5 Å². The maximum atomic E-state index is 12.2. The van der Waals surface area contributed by atoms with Gasteiger partial charge in [-0.3, -0.25) is 9.55 Å².